The second-order valence-corrected chi connectivity index (χ2v) is 9.73. The minimum Gasteiger partial charge on any atom is -0.507 e. The third kappa shape index (κ3) is 3.47. The van der Waals surface area contributed by atoms with Crippen LogP contribution in [0.1, 0.15) is 38.9 Å². The van der Waals surface area contributed by atoms with Crippen molar-refractivity contribution < 1.29 is 19.4 Å². The Kier molecular flexibility index (Phi) is 5.16. The number of carbonyl (C=O) groups excluding carboxylic acids is 2. The zero-order chi connectivity index (χ0) is 21.5. The number of Topliss-reactive ketones (excluding diaryl/α,β-unsaturated/α-hetero) is 1. The van der Waals surface area contributed by atoms with Gasteiger partial charge in [-0.1, -0.05) is 6.07 Å². The molecule has 2 aliphatic heterocycles. The highest BCUT2D eigenvalue weighted by molar-refractivity contribution is 7.10. The summed E-state index contributed by atoms with van der Waals surface area (Å²) in [5.74, 6) is -0.528. The number of hydrogen-bond donors (Lipinski definition) is 1. The number of ketones is 1. The summed E-state index contributed by atoms with van der Waals surface area (Å²) in [6.45, 7) is 2.98. The number of hydrogen-bond acceptors (Lipinski definition) is 6. The first kappa shape index (κ1) is 20.0. The maximum absolute atomic E-state index is 13.1. The first-order valence-electron chi connectivity index (χ1n) is 10.2. The summed E-state index contributed by atoms with van der Waals surface area (Å²) < 4.78 is 5.67. The van der Waals surface area contributed by atoms with Crippen LogP contribution in [0.25, 0.3) is 5.76 Å². The molecule has 1 unspecified atom stereocenters. The highest BCUT2D eigenvalue weighted by Gasteiger charge is 2.47. The zero-order valence-corrected chi connectivity index (χ0v) is 18.6. The van der Waals surface area contributed by atoms with E-state index >= 15 is 0 Å². The van der Waals surface area contributed by atoms with Gasteiger partial charge in [0.15, 0.2) is 0 Å². The number of benzene rings is 1. The SMILES string of the molecule is Cc1ccsc1C1/C(=C(/O)c2ccc3c(c2)CCCO3)C(=O)C(=O)N1Cc1cccs1. The fraction of sp³-hybridized carbons (Fsp3) is 0.250. The standard InChI is InChI=1S/C24H21NO4S2/c1-14-8-11-31-23(14)20-19(22(27)24(28)25(20)13-17-5-3-10-30-17)21(26)16-6-7-18-15(12-16)4-2-9-29-18/h3,5-8,10-12,20,26H,2,4,9,13H2,1H3/b21-19-. The first-order valence-corrected chi connectivity index (χ1v) is 11.9. The lowest BCUT2D eigenvalue weighted by Gasteiger charge is -2.24. The average Bonchev–Trinajstić information content (AvgIpc) is 3.50. The smallest absolute Gasteiger partial charge is 0.296 e. The molecule has 158 valence electrons. The predicted octanol–water partition coefficient (Wildman–Crippen LogP) is 5.06. The number of amides is 1. The molecule has 4 heterocycles. The molecule has 1 N–H and O–H groups in total. The molecule has 1 saturated heterocycles. The van der Waals surface area contributed by atoms with Crippen LogP contribution in [0.3, 0.4) is 0 Å². The second kappa shape index (κ2) is 7.98. The summed E-state index contributed by atoms with van der Waals surface area (Å²) >= 11 is 3.04. The van der Waals surface area contributed by atoms with Crippen LogP contribution in [-0.4, -0.2) is 28.3 Å². The van der Waals surface area contributed by atoms with E-state index in [2.05, 4.69) is 0 Å². The maximum Gasteiger partial charge on any atom is 0.296 e. The Morgan fingerprint density at radius 3 is 2.81 bits per heavy atom. The van der Waals surface area contributed by atoms with Crippen LogP contribution in [0.5, 0.6) is 5.75 Å². The summed E-state index contributed by atoms with van der Waals surface area (Å²) in [7, 11) is 0. The number of aliphatic hydroxyl groups is 1. The molecule has 1 atom stereocenters. The maximum atomic E-state index is 13.1. The van der Waals surface area contributed by atoms with E-state index in [1.807, 2.05) is 48.0 Å². The van der Waals surface area contributed by atoms with Crippen LogP contribution in [-0.2, 0) is 22.6 Å². The monoisotopic (exact) mass is 451 g/mol. The molecule has 2 aliphatic rings. The lowest BCUT2D eigenvalue weighted by Crippen LogP contribution is -2.28. The van der Waals surface area contributed by atoms with Crippen molar-refractivity contribution in [2.24, 2.45) is 0 Å². The van der Waals surface area contributed by atoms with Gasteiger partial charge in [-0.3, -0.25) is 9.59 Å². The average molecular weight is 452 g/mol. The molecule has 1 amide bonds. The van der Waals surface area contributed by atoms with Crippen molar-refractivity contribution in [3.05, 3.63) is 79.2 Å². The van der Waals surface area contributed by atoms with Crippen molar-refractivity contribution in [2.75, 3.05) is 6.61 Å². The molecular weight excluding hydrogens is 430 g/mol. The van der Waals surface area contributed by atoms with E-state index in [4.69, 9.17) is 4.74 Å². The lowest BCUT2D eigenvalue weighted by molar-refractivity contribution is -0.140. The van der Waals surface area contributed by atoms with E-state index < -0.39 is 17.7 Å². The number of ether oxygens (including phenoxy) is 1. The molecule has 2 aromatic heterocycles. The van der Waals surface area contributed by atoms with Crippen molar-refractivity contribution in [3.63, 3.8) is 0 Å². The number of nitrogens with zero attached hydrogens (tertiary/aromatic N) is 1. The van der Waals surface area contributed by atoms with E-state index in [9.17, 15) is 14.7 Å². The molecule has 5 rings (SSSR count). The van der Waals surface area contributed by atoms with Crippen LogP contribution in [0, 0.1) is 6.92 Å². The van der Waals surface area contributed by atoms with Gasteiger partial charge in [0.1, 0.15) is 17.6 Å². The van der Waals surface area contributed by atoms with Crippen molar-refractivity contribution >= 4 is 40.1 Å². The molecule has 5 nitrogen and oxygen atoms in total. The van der Waals surface area contributed by atoms with Crippen LogP contribution >= 0.6 is 22.7 Å². The quantitative estimate of drug-likeness (QED) is 0.342. The van der Waals surface area contributed by atoms with Gasteiger partial charge in [0.2, 0.25) is 0 Å². The van der Waals surface area contributed by atoms with Crippen molar-refractivity contribution in [1.82, 2.24) is 4.90 Å². The van der Waals surface area contributed by atoms with E-state index in [1.54, 1.807) is 22.3 Å². The van der Waals surface area contributed by atoms with Crippen LogP contribution in [0.4, 0.5) is 0 Å². The molecule has 31 heavy (non-hydrogen) atoms. The largest absolute Gasteiger partial charge is 0.507 e. The molecule has 1 fully saturated rings. The summed E-state index contributed by atoms with van der Waals surface area (Å²) in [4.78, 5) is 29.7. The van der Waals surface area contributed by atoms with Gasteiger partial charge < -0.3 is 14.7 Å². The summed E-state index contributed by atoms with van der Waals surface area (Å²) in [6, 6.07) is 10.7. The molecule has 0 radical (unpaired) electrons. The normalized spacial score (nSPS) is 20.0. The van der Waals surface area contributed by atoms with Crippen LogP contribution < -0.4 is 4.74 Å². The van der Waals surface area contributed by atoms with Gasteiger partial charge in [0.25, 0.3) is 11.7 Å². The van der Waals surface area contributed by atoms with Crippen molar-refractivity contribution in [3.8, 4) is 5.75 Å². The minimum atomic E-state index is -0.638. The van der Waals surface area contributed by atoms with Gasteiger partial charge in [0.05, 0.1) is 18.7 Å². The minimum absolute atomic E-state index is 0.127. The number of aryl methyl sites for hydroxylation is 2. The number of carbonyl (C=O) groups is 2. The molecule has 7 heteroatoms. The van der Waals surface area contributed by atoms with Gasteiger partial charge in [-0.2, -0.15) is 0 Å². The molecule has 3 aromatic rings. The van der Waals surface area contributed by atoms with E-state index in [0.29, 0.717) is 18.7 Å². The number of fused-ring (bicyclic) bond motifs is 1. The molecule has 0 spiro atoms. The Balaban J connectivity index is 1.64. The van der Waals surface area contributed by atoms with Crippen molar-refractivity contribution in [2.45, 2.75) is 32.4 Å². The molecule has 0 bridgehead atoms. The fourth-order valence-electron chi connectivity index (χ4n) is 4.21. The summed E-state index contributed by atoms with van der Waals surface area (Å²) in [5, 5.41) is 15.2. The Labute approximate surface area is 188 Å². The summed E-state index contributed by atoms with van der Waals surface area (Å²) in [6.07, 6.45) is 1.77. The molecule has 0 aliphatic carbocycles. The predicted molar refractivity (Wildman–Crippen MR) is 121 cm³/mol. The van der Waals surface area contributed by atoms with E-state index in [1.165, 1.54) is 11.3 Å². The Morgan fingerprint density at radius 2 is 2.06 bits per heavy atom. The third-order valence-corrected chi connectivity index (χ3v) is 7.71. The highest BCUT2D eigenvalue weighted by atomic mass is 32.1. The van der Waals surface area contributed by atoms with Gasteiger partial charge in [0, 0.05) is 15.3 Å². The Bertz CT molecular complexity index is 1190. The topological polar surface area (TPSA) is 66.8 Å². The van der Waals surface area contributed by atoms with Crippen LogP contribution in [0.2, 0.25) is 0 Å². The molecule has 0 saturated carbocycles. The second-order valence-electron chi connectivity index (χ2n) is 7.75. The van der Waals surface area contributed by atoms with Gasteiger partial charge in [-0.25, -0.2) is 0 Å². The van der Waals surface area contributed by atoms with Gasteiger partial charge >= 0.3 is 0 Å². The Hall–Kier alpha value is -2.90. The fourth-order valence-corrected chi connectivity index (χ4v) is 5.96. The zero-order valence-electron chi connectivity index (χ0n) is 17.0. The highest BCUT2D eigenvalue weighted by Crippen LogP contribution is 2.44. The number of rotatable bonds is 4. The van der Waals surface area contributed by atoms with Crippen molar-refractivity contribution in [1.29, 1.82) is 0 Å². The first-order chi connectivity index (χ1) is 15.0. The molecule has 1 aromatic carbocycles. The lowest BCUT2D eigenvalue weighted by atomic mass is 9.96. The Morgan fingerprint density at radius 1 is 1.19 bits per heavy atom. The van der Waals surface area contributed by atoms with Gasteiger partial charge in [-0.15, -0.1) is 22.7 Å². The van der Waals surface area contributed by atoms with Crippen LogP contribution in [0.15, 0.2) is 52.7 Å². The van der Waals surface area contributed by atoms with Gasteiger partial charge in [-0.05, 0) is 72.0 Å². The number of likely N-dealkylation sites (tertiary alicyclic amines) is 1. The third-order valence-electron chi connectivity index (χ3n) is 5.78. The molecular formula is C24H21NO4S2. The van der Waals surface area contributed by atoms with E-state index in [0.717, 1.165) is 39.5 Å². The number of thiophene rings is 2. The summed E-state index contributed by atoms with van der Waals surface area (Å²) in [5.41, 5.74) is 2.70. The van der Waals surface area contributed by atoms with E-state index in [-0.39, 0.29) is 11.3 Å². The number of aliphatic hydroxyl groups excluding tert-OH is 1.